The first-order valence-electron chi connectivity index (χ1n) is 6.80. The van der Waals surface area contributed by atoms with Crippen LogP contribution in [0.25, 0.3) is 0 Å². The second kappa shape index (κ2) is 9.37. The summed E-state index contributed by atoms with van der Waals surface area (Å²) < 4.78 is 4.95. The Labute approximate surface area is 131 Å². The van der Waals surface area contributed by atoms with Crippen LogP contribution in [0.15, 0.2) is 30.3 Å². The zero-order chi connectivity index (χ0) is 15.1. The third-order valence-corrected chi connectivity index (χ3v) is 3.14. The molecule has 0 aliphatic rings. The van der Waals surface area contributed by atoms with Crippen LogP contribution in [0, 0.1) is 0 Å². The molecule has 0 saturated carbocycles. The van der Waals surface area contributed by atoms with Crippen LogP contribution in [0.2, 0.25) is 0 Å². The fraction of sp³-hybridized carbons (Fsp3) is 0.467. The number of nitrogens with two attached hydrogens (primary N) is 1. The molecule has 6 heteroatoms. The number of carbonyl (C=O) groups excluding carboxylic acids is 2. The summed E-state index contributed by atoms with van der Waals surface area (Å²) in [5, 5.41) is 0. The monoisotopic (exact) mass is 314 g/mol. The lowest BCUT2D eigenvalue weighted by molar-refractivity contribution is -0.154. The van der Waals surface area contributed by atoms with E-state index in [-0.39, 0.29) is 18.3 Å². The lowest BCUT2D eigenvalue weighted by Crippen LogP contribution is -2.47. The number of carbonyl (C=O) groups is 2. The SMILES string of the molecule is CCOC(=O)[C@H](C)N(CC)C(=O)[C@@H](N)c1ccccc1.Cl. The number of nitrogens with zero attached hydrogens (tertiary/aromatic N) is 1. The Kier molecular flexibility index (Phi) is 8.66. The number of amides is 1. The maximum absolute atomic E-state index is 12.4. The molecule has 0 saturated heterocycles. The van der Waals surface area contributed by atoms with Gasteiger partial charge in [-0.25, -0.2) is 4.79 Å². The Hall–Kier alpha value is -1.59. The third-order valence-electron chi connectivity index (χ3n) is 3.14. The van der Waals surface area contributed by atoms with Gasteiger partial charge in [-0.05, 0) is 26.3 Å². The smallest absolute Gasteiger partial charge is 0.328 e. The number of ether oxygens (including phenoxy) is 1. The second-order valence-corrected chi connectivity index (χ2v) is 4.44. The molecule has 5 nitrogen and oxygen atoms in total. The zero-order valence-electron chi connectivity index (χ0n) is 12.6. The first-order valence-corrected chi connectivity index (χ1v) is 6.80. The summed E-state index contributed by atoms with van der Waals surface area (Å²) in [6.45, 7) is 5.89. The molecule has 1 rings (SSSR count). The molecule has 0 radical (unpaired) electrons. The van der Waals surface area contributed by atoms with Gasteiger partial charge in [0.15, 0.2) is 0 Å². The van der Waals surface area contributed by atoms with Gasteiger partial charge in [0.2, 0.25) is 5.91 Å². The molecule has 1 aromatic rings. The summed E-state index contributed by atoms with van der Waals surface area (Å²) in [6, 6.07) is 7.70. The number of benzene rings is 1. The van der Waals surface area contributed by atoms with E-state index in [1.54, 1.807) is 26.0 Å². The highest BCUT2D eigenvalue weighted by Crippen LogP contribution is 2.15. The van der Waals surface area contributed by atoms with Crippen molar-refractivity contribution in [2.75, 3.05) is 13.2 Å². The molecule has 2 N–H and O–H groups in total. The van der Waals surface area contributed by atoms with Gasteiger partial charge in [0.05, 0.1) is 6.61 Å². The Balaban J connectivity index is 0.00000400. The summed E-state index contributed by atoms with van der Waals surface area (Å²) in [5.74, 6) is -0.692. The van der Waals surface area contributed by atoms with Gasteiger partial charge >= 0.3 is 5.97 Å². The molecule has 2 atom stereocenters. The summed E-state index contributed by atoms with van der Waals surface area (Å²) in [6.07, 6.45) is 0. The highest BCUT2D eigenvalue weighted by Gasteiger charge is 2.29. The molecule has 0 aliphatic carbocycles. The van der Waals surface area contributed by atoms with E-state index in [0.29, 0.717) is 13.2 Å². The minimum atomic E-state index is -0.770. The fourth-order valence-electron chi connectivity index (χ4n) is 1.99. The first-order chi connectivity index (χ1) is 9.52. The second-order valence-electron chi connectivity index (χ2n) is 4.44. The molecule has 0 aliphatic heterocycles. The number of esters is 1. The van der Waals surface area contributed by atoms with E-state index in [1.165, 1.54) is 4.90 Å². The number of hydrogen-bond acceptors (Lipinski definition) is 4. The van der Waals surface area contributed by atoms with Gasteiger partial charge < -0.3 is 15.4 Å². The third kappa shape index (κ3) is 5.02. The van der Waals surface area contributed by atoms with Crippen LogP contribution in [-0.4, -0.2) is 36.0 Å². The number of likely N-dealkylation sites (N-methyl/N-ethyl adjacent to an activating group) is 1. The van der Waals surface area contributed by atoms with Crippen LogP contribution in [-0.2, 0) is 14.3 Å². The molecule has 0 bridgehead atoms. The summed E-state index contributed by atoms with van der Waals surface area (Å²) in [5.41, 5.74) is 6.71. The van der Waals surface area contributed by atoms with Crippen molar-refractivity contribution >= 4 is 24.3 Å². The summed E-state index contributed by atoms with van der Waals surface area (Å²) >= 11 is 0. The van der Waals surface area contributed by atoms with Crippen molar-refractivity contribution < 1.29 is 14.3 Å². The van der Waals surface area contributed by atoms with Crippen molar-refractivity contribution in [1.29, 1.82) is 0 Å². The van der Waals surface area contributed by atoms with Gasteiger partial charge in [-0.15, -0.1) is 12.4 Å². The molecule has 21 heavy (non-hydrogen) atoms. The molecule has 0 aromatic heterocycles. The standard InChI is InChI=1S/C15H22N2O3.ClH/c1-4-17(11(3)15(19)20-5-2)14(18)13(16)12-9-7-6-8-10-12;/h6-11,13H,4-5,16H2,1-3H3;1H/t11-,13-;/m0./s1. The maximum atomic E-state index is 12.4. The Morgan fingerprint density at radius 3 is 2.29 bits per heavy atom. The number of rotatable bonds is 6. The Bertz CT molecular complexity index is 453. The van der Waals surface area contributed by atoms with Crippen LogP contribution < -0.4 is 5.73 Å². The molecular formula is C15H23ClN2O3. The number of halogens is 1. The molecule has 0 spiro atoms. The van der Waals surface area contributed by atoms with Gasteiger partial charge in [-0.2, -0.15) is 0 Å². The molecule has 0 fully saturated rings. The molecule has 118 valence electrons. The minimum Gasteiger partial charge on any atom is -0.464 e. The topological polar surface area (TPSA) is 72.6 Å². The van der Waals surface area contributed by atoms with Crippen molar-refractivity contribution in [1.82, 2.24) is 4.90 Å². The van der Waals surface area contributed by atoms with Gasteiger partial charge in [-0.3, -0.25) is 4.79 Å². The lowest BCUT2D eigenvalue weighted by Gasteiger charge is -2.29. The van der Waals surface area contributed by atoms with E-state index >= 15 is 0 Å². The average molecular weight is 315 g/mol. The van der Waals surface area contributed by atoms with E-state index in [1.807, 2.05) is 25.1 Å². The highest BCUT2D eigenvalue weighted by molar-refractivity contribution is 5.88. The fourth-order valence-corrected chi connectivity index (χ4v) is 1.99. The quantitative estimate of drug-likeness (QED) is 0.814. The van der Waals surface area contributed by atoms with E-state index < -0.39 is 18.1 Å². The van der Waals surface area contributed by atoms with Crippen LogP contribution in [0.5, 0.6) is 0 Å². The van der Waals surface area contributed by atoms with E-state index in [9.17, 15) is 9.59 Å². The molecule has 1 aromatic carbocycles. The predicted molar refractivity (Wildman–Crippen MR) is 84.1 cm³/mol. The van der Waals surface area contributed by atoms with Crippen molar-refractivity contribution in [2.24, 2.45) is 5.73 Å². The zero-order valence-corrected chi connectivity index (χ0v) is 13.4. The van der Waals surface area contributed by atoms with Crippen LogP contribution in [0.3, 0.4) is 0 Å². The van der Waals surface area contributed by atoms with Crippen LogP contribution >= 0.6 is 12.4 Å². The maximum Gasteiger partial charge on any atom is 0.328 e. The average Bonchev–Trinajstić information content (AvgIpc) is 2.48. The van der Waals surface area contributed by atoms with Gasteiger partial charge in [-0.1, -0.05) is 30.3 Å². The Morgan fingerprint density at radius 1 is 1.24 bits per heavy atom. The lowest BCUT2D eigenvalue weighted by atomic mass is 10.1. The van der Waals surface area contributed by atoms with Crippen LogP contribution in [0.1, 0.15) is 32.4 Å². The molecule has 0 unspecified atom stereocenters. The van der Waals surface area contributed by atoms with Crippen molar-refractivity contribution in [3.8, 4) is 0 Å². The van der Waals surface area contributed by atoms with Gasteiger partial charge in [0.25, 0.3) is 0 Å². The molecule has 1 amide bonds. The summed E-state index contributed by atoms with van der Waals surface area (Å²) in [7, 11) is 0. The van der Waals surface area contributed by atoms with E-state index in [2.05, 4.69) is 0 Å². The van der Waals surface area contributed by atoms with Crippen molar-refractivity contribution in [2.45, 2.75) is 32.9 Å². The number of hydrogen-bond donors (Lipinski definition) is 1. The van der Waals surface area contributed by atoms with Gasteiger partial charge in [0.1, 0.15) is 12.1 Å². The summed E-state index contributed by atoms with van der Waals surface area (Å²) in [4.78, 5) is 25.6. The largest absolute Gasteiger partial charge is 0.464 e. The van der Waals surface area contributed by atoms with Gasteiger partial charge in [0, 0.05) is 6.54 Å². The van der Waals surface area contributed by atoms with Crippen molar-refractivity contribution in [3.05, 3.63) is 35.9 Å². The van der Waals surface area contributed by atoms with Crippen LogP contribution in [0.4, 0.5) is 0 Å². The van der Waals surface area contributed by atoms with Crippen molar-refractivity contribution in [3.63, 3.8) is 0 Å². The predicted octanol–water partition coefficient (Wildman–Crippen LogP) is 1.91. The normalized spacial score (nSPS) is 12.8. The molecule has 0 heterocycles. The van der Waals surface area contributed by atoms with E-state index in [4.69, 9.17) is 10.5 Å². The highest BCUT2D eigenvalue weighted by atomic mass is 35.5. The van der Waals surface area contributed by atoms with E-state index in [0.717, 1.165) is 5.56 Å². The molecular weight excluding hydrogens is 292 g/mol. The first kappa shape index (κ1) is 19.4. The minimum absolute atomic E-state index is 0. The Morgan fingerprint density at radius 2 is 1.81 bits per heavy atom.